The highest BCUT2D eigenvalue weighted by atomic mass is 19.1. The average Bonchev–Trinajstić information content (AvgIpc) is 2.59. The summed E-state index contributed by atoms with van der Waals surface area (Å²) in [7, 11) is 0. The molecule has 5 nitrogen and oxygen atoms in total. The van der Waals surface area contributed by atoms with E-state index >= 15 is 0 Å². The molecular weight excluding hydrogens is 351 g/mol. The lowest BCUT2D eigenvalue weighted by atomic mass is 10.0. The molecule has 0 spiro atoms. The van der Waals surface area contributed by atoms with E-state index in [1.807, 2.05) is 6.07 Å². The van der Waals surface area contributed by atoms with Gasteiger partial charge in [0.1, 0.15) is 30.2 Å². The zero-order chi connectivity index (χ0) is 19.1. The second-order valence-electron chi connectivity index (χ2n) is 5.57. The molecular formula is C18H18F3NO4. The number of carbonyl (C=O) groups excluding carboxylic acids is 1. The Hall–Kier alpha value is -2.58. The average molecular weight is 369 g/mol. The first-order valence-electron chi connectivity index (χ1n) is 7.83. The molecule has 0 aliphatic rings. The molecule has 3 N–H and O–H groups in total. The predicted octanol–water partition coefficient (Wildman–Crippen LogP) is 2.81. The lowest BCUT2D eigenvalue weighted by Gasteiger charge is -2.19. The molecule has 2 unspecified atom stereocenters. The second kappa shape index (κ2) is 9.21. The van der Waals surface area contributed by atoms with Crippen LogP contribution < -0.4 is 5.32 Å². The van der Waals surface area contributed by atoms with Crippen molar-refractivity contribution in [2.75, 3.05) is 6.54 Å². The molecule has 0 saturated carbocycles. The van der Waals surface area contributed by atoms with Crippen molar-refractivity contribution >= 4 is 6.09 Å². The van der Waals surface area contributed by atoms with Gasteiger partial charge in [0, 0.05) is 18.7 Å². The van der Waals surface area contributed by atoms with E-state index in [1.165, 1.54) is 0 Å². The maximum absolute atomic E-state index is 13.6. The van der Waals surface area contributed by atoms with Crippen molar-refractivity contribution in [2.24, 2.45) is 0 Å². The Balaban J connectivity index is 1.79. The maximum Gasteiger partial charge on any atom is 0.407 e. The molecule has 140 valence electrons. The molecule has 0 aromatic heterocycles. The molecule has 0 bridgehead atoms. The van der Waals surface area contributed by atoms with Crippen LogP contribution in [0.3, 0.4) is 0 Å². The maximum atomic E-state index is 13.6. The number of aliphatic hydroxyl groups is 2. The van der Waals surface area contributed by atoms with E-state index in [2.05, 4.69) is 5.32 Å². The van der Waals surface area contributed by atoms with Crippen molar-refractivity contribution in [3.05, 3.63) is 71.0 Å². The number of hydrogen-bond donors (Lipinski definition) is 3. The summed E-state index contributed by atoms with van der Waals surface area (Å²) in [4.78, 5) is 11.5. The Morgan fingerprint density at radius 3 is 2.31 bits per heavy atom. The van der Waals surface area contributed by atoms with Crippen molar-refractivity contribution in [3.8, 4) is 0 Å². The normalized spacial score (nSPS) is 13.1. The van der Waals surface area contributed by atoms with Crippen LogP contribution in [-0.2, 0) is 11.3 Å². The van der Waals surface area contributed by atoms with Crippen LogP contribution in [0.5, 0.6) is 0 Å². The summed E-state index contributed by atoms with van der Waals surface area (Å²) in [5.41, 5.74) is -0.0362. The number of carbonyl (C=O) groups is 1. The van der Waals surface area contributed by atoms with Crippen LogP contribution in [0.2, 0.25) is 0 Å². The Morgan fingerprint density at radius 2 is 1.69 bits per heavy atom. The third-order valence-electron chi connectivity index (χ3n) is 3.63. The van der Waals surface area contributed by atoms with Crippen molar-refractivity contribution in [1.82, 2.24) is 5.32 Å². The second-order valence-corrected chi connectivity index (χ2v) is 5.57. The van der Waals surface area contributed by atoms with Crippen molar-refractivity contribution in [1.29, 1.82) is 0 Å². The van der Waals surface area contributed by atoms with E-state index in [0.29, 0.717) is 12.1 Å². The lowest BCUT2D eigenvalue weighted by molar-refractivity contribution is 0.00935. The highest BCUT2D eigenvalue weighted by Gasteiger charge is 2.25. The molecule has 0 aliphatic heterocycles. The van der Waals surface area contributed by atoms with Gasteiger partial charge in [-0.3, -0.25) is 0 Å². The van der Waals surface area contributed by atoms with E-state index in [-0.39, 0.29) is 19.6 Å². The molecule has 1 amide bonds. The number of halogens is 3. The van der Waals surface area contributed by atoms with Gasteiger partial charge in [0.2, 0.25) is 0 Å². The first kappa shape index (κ1) is 19.7. The van der Waals surface area contributed by atoms with Gasteiger partial charge < -0.3 is 20.3 Å². The largest absolute Gasteiger partial charge is 0.445 e. The number of nitrogens with one attached hydrogen (secondary N) is 1. The van der Waals surface area contributed by atoms with Gasteiger partial charge in [0.05, 0.1) is 11.7 Å². The van der Waals surface area contributed by atoms with E-state index in [4.69, 9.17) is 4.74 Å². The van der Waals surface area contributed by atoms with Crippen LogP contribution in [0.4, 0.5) is 18.0 Å². The van der Waals surface area contributed by atoms with Crippen LogP contribution >= 0.6 is 0 Å². The Bertz CT molecular complexity index is 719. The predicted molar refractivity (Wildman–Crippen MR) is 86.5 cm³/mol. The summed E-state index contributed by atoms with van der Waals surface area (Å²) >= 11 is 0. The minimum atomic E-state index is -1.90. The van der Waals surface area contributed by atoms with Crippen LogP contribution in [0, 0.1) is 17.5 Å². The van der Waals surface area contributed by atoms with Gasteiger partial charge in [0.25, 0.3) is 0 Å². The third-order valence-corrected chi connectivity index (χ3v) is 3.63. The molecule has 0 heterocycles. The fourth-order valence-electron chi connectivity index (χ4n) is 2.28. The quantitative estimate of drug-likeness (QED) is 0.701. The molecule has 2 aromatic carbocycles. The standard InChI is InChI=1S/C18H18F3NO4/c19-12-8-13(20)16(14(21)9-12)17(24)15(23)6-7-22-18(25)26-10-11-4-2-1-3-5-11/h1-5,8-9,15,17,23-24H,6-7,10H2,(H,22,25). The molecule has 8 heteroatoms. The van der Waals surface area contributed by atoms with Gasteiger partial charge >= 0.3 is 6.09 Å². The Kier molecular flexibility index (Phi) is 6.99. The number of aliphatic hydroxyl groups excluding tert-OH is 2. The number of benzene rings is 2. The van der Waals surface area contributed by atoms with Crippen LogP contribution in [-0.4, -0.2) is 29.0 Å². The van der Waals surface area contributed by atoms with Crippen LogP contribution in [0.15, 0.2) is 42.5 Å². The summed E-state index contributed by atoms with van der Waals surface area (Å²) in [6.07, 6.45) is -4.41. The first-order valence-corrected chi connectivity index (χ1v) is 7.83. The van der Waals surface area contributed by atoms with E-state index in [1.54, 1.807) is 24.3 Å². The summed E-state index contributed by atoms with van der Waals surface area (Å²) in [6, 6.07) is 9.78. The number of rotatable bonds is 7. The number of amides is 1. The van der Waals surface area contributed by atoms with Gasteiger partial charge in [-0.15, -0.1) is 0 Å². The number of ether oxygens (including phenoxy) is 1. The minimum absolute atomic E-state index is 0.0594. The summed E-state index contributed by atoms with van der Waals surface area (Å²) in [5, 5.41) is 22.1. The zero-order valence-corrected chi connectivity index (χ0v) is 13.7. The van der Waals surface area contributed by atoms with Gasteiger partial charge in [-0.25, -0.2) is 18.0 Å². The van der Waals surface area contributed by atoms with E-state index in [9.17, 15) is 28.2 Å². The molecule has 2 atom stereocenters. The highest BCUT2D eigenvalue weighted by Crippen LogP contribution is 2.25. The Labute approximate surface area is 148 Å². The fourth-order valence-corrected chi connectivity index (χ4v) is 2.28. The lowest BCUT2D eigenvalue weighted by Crippen LogP contribution is -2.30. The van der Waals surface area contributed by atoms with Crippen molar-refractivity contribution in [2.45, 2.75) is 25.2 Å². The summed E-state index contributed by atoms with van der Waals surface area (Å²) in [6.45, 7) is -0.0415. The third kappa shape index (κ3) is 5.47. The van der Waals surface area contributed by atoms with Gasteiger partial charge in [0.15, 0.2) is 0 Å². The smallest absolute Gasteiger partial charge is 0.407 e. The first-order chi connectivity index (χ1) is 12.4. The number of hydrogen-bond acceptors (Lipinski definition) is 4. The summed E-state index contributed by atoms with van der Waals surface area (Å²) in [5.74, 6) is -3.73. The molecule has 26 heavy (non-hydrogen) atoms. The SMILES string of the molecule is O=C(NCCC(O)C(O)c1c(F)cc(F)cc1F)OCc1ccccc1. The molecule has 0 aliphatic carbocycles. The van der Waals surface area contributed by atoms with Crippen LogP contribution in [0.25, 0.3) is 0 Å². The van der Waals surface area contributed by atoms with Crippen molar-refractivity contribution in [3.63, 3.8) is 0 Å². The minimum Gasteiger partial charge on any atom is -0.445 e. The van der Waals surface area contributed by atoms with Gasteiger partial charge in [-0.05, 0) is 12.0 Å². The zero-order valence-electron chi connectivity index (χ0n) is 13.7. The highest BCUT2D eigenvalue weighted by molar-refractivity contribution is 5.67. The molecule has 0 saturated heterocycles. The summed E-state index contributed by atoms with van der Waals surface area (Å²) < 4.78 is 45.0. The van der Waals surface area contributed by atoms with E-state index < -0.39 is 41.3 Å². The Morgan fingerprint density at radius 1 is 1.08 bits per heavy atom. The monoisotopic (exact) mass is 369 g/mol. The molecule has 0 fully saturated rings. The fraction of sp³-hybridized carbons (Fsp3) is 0.278. The molecule has 2 rings (SSSR count). The molecule has 0 radical (unpaired) electrons. The van der Waals surface area contributed by atoms with Gasteiger partial charge in [-0.1, -0.05) is 30.3 Å². The van der Waals surface area contributed by atoms with Gasteiger partial charge in [-0.2, -0.15) is 0 Å². The van der Waals surface area contributed by atoms with Crippen molar-refractivity contribution < 1.29 is 32.9 Å². The molecule has 2 aromatic rings. The number of alkyl carbamates (subject to hydrolysis) is 1. The van der Waals surface area contributed by atoms with E-state index in [0.717, 1.165) is 5.56 Å². The topological polar surface area (TPSA) is 78.8 Å². The van der Waals surface area contributed by atoms with Crippen LogP contribution in [0.1, 0.15) is 23.7 Å².